The summed E-state index contributed by atoms with van der Waals surface area (Å²) < 4.78 is 32.0. The van der Waals surface area contributed by atoms with Crippen molar-refractivity contribution < 1.29 is 22.7 Å². The van der Waals surface area contributed by atoms with Crippen molar-refractivity contribution in [1.82, 2.24) is 9.62 Å². The minimum Gasteiger partial charge on any atom is -0.466 e. The summed E-state index contributed by atoms with van der Waals surface area (Å²) in [6.07, 6.45) is 2.03. The number of benzene rings is 1. The number of nitrogens with one attached hydrogen (secondary N) is 1. The van der Waals surface area contributed by atoms with Crippen molar-refractivity contribution in [1.29, 1.82) is 0 Å². The third-order valence-electron chi connectivity index (χ3n) is 4.01. The predicted octanol–water partition coefficient (Wildman–Crippen LogP) is 1.40. The van der Waals surface area contributed by atoms with Crippen molar-refractivity contribution in [3.8, 4) is 0 Å². The quantitative estimate of drug-likeness (QED) is 0.665. The van der Waals surface area contributed by atoms with E-state index >= 15 is 0 Å². The maximum Gasteiger partial charge on any atom is 0.307 e. The SMILES string of the molecule is CCOC(=O)CCN(CC1CC1)S(=O)(=O)c1ccc(C(=O)NC)cc1. The monoisotopic (exact) mass is 368 g/mol. The molecule has 1 fully saturated rings. The van der Waals surface area contributed by atoms with Crippen LogP contribution < -0.4 is 5.32 Å². The number of rotatable bonds is 9. The van der Waals surface area contributed by atoms with Gasteiger partial charge in [0, 0.05) is 25.7 Å². The number of hydrogen-bond donors (Lipinski definition) is 1. The lowest BCUT2D eigenvalue weighted by Gasteiger charge is -2.22. The Labute approximate surface area is 148 Å². The van der Waals surface area contributed by atoms with E-state index in [1.807, 2.05) is 0 Å². The highest BCUT2D eigenvalue weighted by molar-refractivity contribution is 7.89. The van der Waals surface area contributed by atoms with Gasteiger partial charge in [-0.3, -0.25) is 9.59 Å². The van der Waals surface area contributed by atoms with Crippen molar-refractivity contribution in [3.63, 3.8) is 0 Å². The van der Waals surface area contributed by atoms with Crippen molar-refractivity contribution in [2.45, 2.75) is 31.1 Å². The molecule has 0 bridgehead atoms. The van der Waals surface area contributed by atoms with Crippen LogP contribution in [0, 0.1) is 5.92 Å². The first-order valence-corrected chi connectivity index (χ1v) is 9.80. The fourth-order valence-electron chi connectivity index (χ4n) is 2.42. The normalized spacial score (nSPS) is 14.4. The van der Waals surface area contributed by atoms with Crippen molar-refractivity contribution in [2.24, 2.45) is 5.92 Å². The fourth-order valence-corrected chi connectivity index (χ4v) is 3.94. The summed E-state index contributed by atoms with van der Waals surface area (Å²) >= 11 is 0. The maximum atomic E-state index is 12.9. The minimum absolute atomic E-state index is 0.0239. The molecule has 1 aromatic carbocycles. The molecule has 0 aliphatic heterocycles. The van der Waals surface area contributed by atoms with Crippen LogP contribution in [0.2, 0.25) is 0 Å². The molecule has 0 spiro atoms. The van der Waals surface area contributed by atoms with E-state index in [4.69, 9.17) is 4.74 Å². The minimum atomic E-state index is -3.72. The number of carbonyl (C=O) groups excluding carboxylic acids is 2. The average molecular weight is 368 g/mol. The fraction of sp³-hybridized carbons (Fsp3) is 0.529. The van der Waals surface area contributed by atoms with Crippen LogP contribution in [0.4, 0.5) is 0 Å². The second kappa shape index (κ2) is 8.44. The zero-order valence-electron chi connectivity index (χ0n) is 14.5. The lowest BCUT2D eigenvalue weighted by atomic mass is 10.2. The number of amides is 1. The molecule has 0 unspecified atom stereocenters. The first-order chi connectivity index (χ1) is 11.9. The summed E-state index contributed by atoms with van der Waals surface area (Å²) in [7, 11) is -2.21. The summed E-state index contributed by atoms with van der Waals surface area (Å²) in [5.41, 5.74) is 0.390. The third kappa shape index (κ3) is 5.27. The van der Waals surface area contributed by atoms with Crippen LogP contribution >= 0.6 is 0 Å². The number of sulfonamides is 1. The number of hydrogen-bond acceptors (Lipinski definition) is 5. The van der Waals surface area contributed by atoms with E-state index in [0.29, 0.717) is 18.0 Å². The van der Waals surface area contributed by atoms with Crippen LogP contribution in [0.1, 0.15) is 36.5 Å². The summed E-state index contributed by atoms with van der Waals surface area (Å²) in [6.45, 7) is 2.48. The Morgan fingerprint density at radius 1 is 1.24 bits per heavy atom. The Bertz CT molecular complexity index is 711. The van der Waals surface area contributed by atoms with Crippen LogP contribution in [0.15, 0.2) is 29.2 Å². The molecule has 0 saturated heterocycles. The maximum absolute atomic E-state index is 12.9. The summed E-state index contributed by atoms with van der Waals surface area (Å²) in [6, 6.07) is 5.80. The van der Waals surface area contributed by atoms with Gasteiger partial charge in [0.25, 0.3) is 5.91 Å². The van der Waals surface area contributed by atoms with Gasteiger partial charge < -0.3 is 10.1 Å². The molecule has 138 valence electrons. The summed E-state index contributed by atoms with van der Waals surface area (Å²) in [5, 5.41) is 2.49. The topological polar surface area (TPSA) is 92.8 Å². The lowest BCUT2D eigenvalue weighted by molar-refractivity contribution is -0.143. The first kappa shape index (κ1) is 19.4. The van der Waals surface area contributed by atoms with Crippen LogP contribution in [0.25, 0.3) is 0 Å². The van der Waals surface area contributed by atoms with Gasteiger partial charge in [0.2, 0.25) is 10.0 Å². The largest absolute Gasteiger partial charge is 0.466 e. The molecule has 1 aliphatic carbocycles. The number of carbonyl (C=O) groups is 2. The van der Waals surface area contributed by atoms with Gasteiger partial charge in [0.15, 0.2) is 0 Å². The Balaban J connectivity index is 2.15. The van der Waals surface area contributed by atoms with Crippen LogP contribution in [0.3, 0.4) is 0 Å². The van der Waals surface area contributed by atoms with E-state index in [1.165, 1.54) is 35.6 Å². The number of esters is 1. The summed E-state index contributed by atoms with van der Waals surface area (Å²) in [5.74, 6) is -0.336. The molecule has 0 atom stereocenters. The van der Waals surface area contributed by atoms with Gasteiger partial charge in [0.1, 0.15) is 0 Å². The molecule has 8 heteroatoms. The molecule has 1 aliphatic rings. The van der Waals surface area contributed by atoms with Gasteiger partial charge in [-0.05, 0) is 49.9 Å². The van der Waals surface area contributed by atoms with Crippen molar-refractivity contribution in [3.05, 3.63) is 29.8 Å². The van der Waals surface area contributed by atoms with Gasteiger partial charge >= 0.3 is 5.97 Å². The van der Waals surface area contributed by atoms with Gasteiger partial charge in [-0.1, -0.05) is 0 Å². The molecule has 2 rings (SSSR count). The number of ether oxygens (including phenoxy) is 1. The summed E-state index contributed by atoms with van der Waals surface area (Å²) in [4.78, 5) is 23.3. The van der Waals surface area contributed by atoms with E-state index in [9.17, 15) is 18.0 Å². The van der Waals surface area contributed by atoms with E-state index in [0.717, 1.165) is 12.8 Å². The lowest BCUT2D eigenvalue weighted by Crippen LogP contribution is -2.35. The molecule has 1 saturated carbocycles. The first-order valence-electron chi connectivity index (χ1n) is 8.36. The molecule has 1 N–H and O–H groups in total. The smallest absolute Gasteiger partial charge is 0.307 e. The van der Waals surface area contributed by atoms with E-state index < -0.39 is 16.0 Å². The molecule has 0 heterocycles. The molecule has 1 amide bonds. The van der Waals surface area contributed by atoms with Crippen LogP contribution in [-0.4, -0.2) is 51.3 Å². The highest BCUT2D eigenvalue weighted by atomic mass is 32.2. The highest BCUT2D eigenvalue weighted by Gasteiger charge is 2.32. The van der Waals surface area contributed by atoms with Crippen LogP contribution in [0.5, 0.6) is 0 Å². The molecular weight excluding hydrogens is 344 g/mol. The highest BCUT2D eigenvalue weighted by Crippen LogP contribution is 2.31. The second-order valence-electron chi connectivity index (χ2n) is 5.96. The average Bonchev–Trinajstić information content (AvgIpc) is 3.42. The van der Waals surface area contributed by atoms with E-state index in [2.05, 4.69) is 5.32 Å². The Kier molecular flexibility index (Phi) is 6.55. The second-order valence-corrected chi connectivity index (χ2v) is 7.90. The Morgan fingerprint density at radius 3 is 2.40 bits per heavy atom. The standard InChI is InChI=1S/C17H24N2O5S/c1-3-24-16(20)10-11-19(12-13-4-5-13)25(22,23)15-8-6-14(7-9-15)17(21)18-2/h6-9,13H,3-5,10-12H2,1-2H3,(H,18,21). The number of nitrogens with zero attached hydrogens (tertiary/aromatic N) is 1. The van der Waals surface area contributed by atoms with Gasteiger partial charge in [0.05, 0.1) is 17.9 Å². The van der Waals surface area contributed by atoms with Gasteiger partial charge in [-0.15, -0.1) is 0 Å². The Morgan fingerprint density at radius 2 is 1.88 bits per heavy atom. The Hall–Kier alpha value is -1.93. The van der Waals surface area contributed by atoms with Crippen molar-refractivity contribution in [2.75, 3.05) is 26.7 Å². The van der Waals surface area contributed by atoms with Crippen molar-refractivity contribution >= 4 is 21.9 Å². The zero-order chi connectivity index (χ0) is 18.4. The van der Waals surface area contributed by atoms with Crippen LogP contribution in [-0.2, 0) is 19.6 Å². The van der Waals surface area contributed by atoms with Gasteiger partial charge in [-0.2, -0.15) is 4.31 Å². The molecular formula is C17H24N2O5S. The molecule has 1 aromatic rings. The molecule has 7 nitrogen and oxygen atoms in total. The van der Waals surface area contributed by atoms with E-state index in [1.54, 1.807) is 6.92 Å². The zero-order valence-corrected chi connectivity index (χ0v) is 15.3. The molecule has 25 heavy (non-hydrogen) atoms. The van der Waals surface area contributed by atoms with E-state index in [-0.39, 0.29) is 30.4 Å². The molecule has 0 aromatic heterocycles. The molecule has 0 radical (unpaired) electrons. The van der Waals surface area contributed by atoms with Gasteiger partial charge in [-0.25, -0.2) is 8.42 Å². The third-order valence-corrected chi connectivity index (χ3v) is 5.89. The predicted molar refractivity (Wildman–Crippen MR) is 92.6 cm³/mol.